The van der Waals surface area contributed by atoms with Crippen molar-refractivity contribution in [3.63, 3.8) is 0 Å². The molecule has 0 aromatic heterocycles. The van der Waals surface area contributed by atoms with Gasteiger partial charge in [-0.15, -0.1) is 0 Å². The third-order valence-electron chi connectivity index (χ3n) is 0.487. The van der Waals surface area contributed by atoms with Gasteiger partial charge < -0.3 is 4.74 Å². The molecule has 0 atom stereocenters. The fourth-order valence-corrected chi connectivity index (χ4v) is 0.171. The predicted octanol–water partition coefficient (Wildman–Crippen LogP) is 1.12. The number of hydrogen-bond donors (Lipinski definition) is 0. The Morgan fingerprint density at radius 1 is 1.50 bits per heavy atom. The van der Waals surface area contributed by atoms with Crippen molar-refractivity contribution in [2.24, 2.45) is 0 Å². The van der Waals surface area contributed by atoms with Crippen LogP contribution in [0.15, 0.2) is 12.3 Å². The Balaban J connectivity index is 2.57. The first-order valence-electron chi connectivity index (χ1n) is 1.44. The fraction of sp³-hybridized carbons (Fsp3) is 0.333. The van der Waals surface area contributed by atoms with Gasteiger partial charge in [-0.05, 0) is 0 Å². The van der Waals surface area contributed by atoms with Crippen LogP contribution >= 0.6 is 0 Å². The zero-order valence-electron chi connectivity index (χ0n) is 2.82. The molecule has 0 N–H and O–H groups in total. The van der Waals surface area contributed by atoms with Gasteiger partial charge in [0, 0.05) is 0 Å². The van der Waals surface area contributed by atoms with Crippen molar-refractivity contribution in [1.29, 1.82) is 0 Å². The Morgan fingerprint density at radius 2 is 1.83 bits per heavy atom. The molecule has 0 unspecified atom stereocenters. The maximum Gasteiger partial charge on any atom is 0.422 e. The van der Waals surface area contributed by atoms with E-state index in [1.54, 1.807) is 0 Å². The number of alkyl halides is 2. The van der Waals surface area contributed by atoms with Crippen LogP contribution in [0.3, 0.4) is 0 Å². The molecule has 0 fully saturated rings. The van der Waals surface area contributed by atoms with Gasteiger partial charge in [0.2, 0.25) is 0 Å². The van der Waals surface area contributed by atoms with E-state index in [2.05, 4.69) is 4.74 Å². The molecule has 0 aliphatic carbocycles. The van der Waals surface area contributed by atoms with E-state index in [0.29, 0.717) is 6.08 Å². The second kappa shape index (κ2) is 0.721. The highest BCUT2D eigenvalue weighted by Crippen LogP contribution is 2.24. The summed E-state index contributed by atoms with van der Waals surface area (Å²) in [5, 5.41) is 0. The van der Waals surface area contributed by atoms with Crippen molar-refractivity contribution in [1.82, 2.24) is 0 Å². The third kappa shape index (κ3) is 0.358. The first-order chi connectivity index (χ1) is 2.71. The maximum atomic E-state index is 11.2. The van der Waals surface area contributed by atoms with Gasteiger partial charge in [-0.2, -0.15) is 8.78 Å². The SMILES string of the molecule is FC1(F)C=CO1. The highest BCUT2D eigenvalue weighted by Gasteiger charge is 2.32. The quantitative estimate of drug-likeness (QED) is 0.435. The molecular formula is C3H2F2O. The summed E-state index contributed by atoms with van der Waals surface area (Å²) in [5.74, 6) is 0. The zero-order valence-corrected chi connectivity index (χ0v) is 2.82. The standard InChI is InChI=1S/C3H2F2O/c4-3(5)1-2-6-3/h1-2H. The number of hydrogen-bond acceptors (Lipinski definition) is 1. The molecule has 0 saturated carbocycles. The first-order valence-corrected chi connectivity index (χ1v) is 1.44. The summed E-state index contributed by atoms with van der Waals surface area (Å²) in [7, 11) is 0. The number of ether oxygens (including phenoxy) is 1. The minimum Gasteiger partial charge on any atom is -0.437 e. The van der Waals surface area contributed by atoms with Gasteiger partial charge in [0.25, 0.3) is 0 Å². The van der Waals surface area contributed by atoms with E-state index in [1.807, 2.05) is 0 Å². The van der Waals surface area contributed by atoms with Crippen LogP contribution in [0.1, 0.15) is 0 Å². The minimum absolute atomic E-state index is 0.688. The topological polar surface area (TPSA) is 9.23 Å². The lowest BCUT2D eigenvalue weighted by molar-refractivity contribution is -0.193. The molecule has 0 aromatic rings. The lowest BCUT2D eigenvalue weighted by Crippen LogP contribution is -2.21. The van der Waals surface area contributed by atoms with Gasteiger partial charge >= 0.3 is 6.11 Å². The largest absolute Gasteiger partial charge is 0.437 e. The summed E-state index contributed by atoms with van der Waals surface area (Å²) in [6.45, 7) is 0. The second-order valence-corrected chi connectivity index (χ2v) is 0.982. The van der Waals surface area contributed by atoms with E-state index in [-0.39, 0.29) is 0 Å². The van der Waals surface area contributed by atoms with Crippen molar-refractivity contribution in [2.45, 2.75) is 6.11 Å². The molecule has 1 aliphatic rings. The highest BCUT2D eigenvalue weighted by molar-refractivity contribution is 4.93. The second-order valence-electron chi connectivity index (χ2n) is 0.982. The van der Waals surface area contributed by atoms with Crippen molar-refractivity contribution < 1.29 is 13.5 Å². The molecule has 1 aliphatic heterocycles. The summed E-state index contributed by atoms with van der Waals surface area (Å²) in [4.78, 5) is 0. The van der Waals surface area contributed by atoms with Crippen molar-refractivity contribution in [3.05, 3.63) is 12.3 Å². The van der Waals surface area contributed by atoms with Crippen LogP contribution in [0.25, 0.3) is 0 Å². The summed E-state index contributed by atoms with van der Waals surface area (Å²) >= 11 is 0. The monoisotopic (exact) mass is 92.0 g/mol. The average Bonchev–Trinajstić information content (AvgIpc) is 1.32. The van der Waals surface area contributed by atoms with Crippen LogP contribution < -0.4 is 0 Å². The summed E-state index contributed by atoms with van der Waals surface area (Å²) in [5.41, 5.74) is 0. The molecule has 0 amide bonds. The summed E-state index contributed by atoms with van der Waals surface area (Å²) in [6, 6.07) is 0. The van der Waals surface area contributed by atoms with Crippen molar-refractivity contribution in [3.8, 4) is 0 Å². The molecule has 1 heterocycles. The van der Waals surface area contributed by atoms with Crippen molar-refractivity contribution in [2.75, 3.05) is 0 Å². The lowest BCUT2D eigenvalue weighted by Gasteiger charge is -2.16. The van der Waals surface area contributed by atoms with Crippen LogP contribution in [-0.4, -0.2) is 6.11 Å². The van der Waals surface area contributed by atoms with Gasteiger partial charge in [-0.3, -0.25) is 0 Å². The van der Waals surface area contributed by atoms with Gasteiger partial charge in [0.05, 0.1) is 12.3 Å². The van der Waals surface area contributed by atoms with Gasteiger partial charge in [0.1, 0.15) is 0 Å². The molecule has 0 aromatic carbocycles. The predicted molar refractivity (Wildman–Crippen MR) is 15.2 cm³/mol. The molecule has 0 bridgehead atoms. The molecule has 3 heteroatoms. The van der Waals surface area contributed by atoms with E-state index in [1.165, 1.54) is 0 Å². The third-order valence-corrected chi connectivity index (χ3v) is 0.487. The van der Waals surface area contributed by atoms with E-state index < -0.39 is 6.11 Å². The molecule has 0 saturated heterocycles. The van der Waals surface area contributed by atoms with E-state index >= 15 is 0 Å². The van der Waals surface area contributed by atoms with Gasteiger partial charge in [-0.25, -0.2) is 0 Å². The van der Waals surface area contributed by atoms with Gasteiger partial charge in [0.15, 0.2) is 0 Å². The fourth-order valence-electron chi connectivity index (χ4n) is 0.171. The van der Waals surface area contributed by atoms with Crippen LogP contribution in [-0.2, 0) is 4.74 Å². The molecule has 0 spiro atoms. The number of halogens is 2. The van der Waals surface area contributed by atoms with Gasteiger partial charge in [-0.1, -0.05) is 0 Å². The minimum atomic E-state index is -2.96. The molecule has 0 radical (unpaired) electrons. The van der Waals surface area contributed by atoms with Crippen LogP contribution in [0.5, 0.6) is 0 Å². The summed E-state index contributed by atoms with van der Waals surface area (Å²) in [6.07, 6.45) is -1.31. The molecular weight excluding hydrogens is 90.0 g/mol. The maximum absolute atomic E-state index is 11.2. The van der Waals surface area contributed by atoms with E-state index in [9.17, 15) is 8.78 Å². The molecule has 1 nitrogen and oxygen atoms in total. The molecule has 34 valence electrons. The lowest BCUT2D eigenvalue weighted by atomic mass is 10.5. The Labute approximate surface area is 33.2 Å². The molecule has 6 heavy (non-hydrogen) atoms. The van der Waals surface area contributed by atoms with Crippen molar-refractivity contribution >= 4 is 0 Å². The highest BCUT2D eigenvalue weighted by atomic mass is 19.3. The Morgan fingerprint density at radius 3 is 1.83 bits per heavy atom. The Kier molecular flexibility index (Phi) is 0.431. The Hall–Kier alpha value is -0.600. The first kappa shape index (κ1) is 3.59. The van der Waals surface area contributed by atoms with E-state index in [0.717, 1.165) is 6.26 Å². The van der Waals surface area contributed by atoms with Crippen LogP contribution in [0.4, 0.5) is 8.78 Å². The summed E-state index contributed by atoms with van der Waals surface area (Å²) < 4.78 is 26.1. The molecule has 1 rings (SSSR count). The van der Waals surface area contributed by atoms with Crippen LogP contribution in [0, 0.1) is 0 Å². The van der Waals surface area contributed by atoms with E-state index in [4.69, 9.17) is 0 Å². The zero-order chi connectivity index (χ0) is 4.62. The number of rotatable bonds is 0. The Bertz CT molecular complexity index is 86.8. The average molecular weight is 92.0 g/mol. The van der Waals surface area contributed by atoms with Crippen LogP contribution in [0.2, 0.25) is 0 Å². The normalized spacial score (nSPS) is 25.0. The smallest absolute Gasteiger partial charge is 0.422 e.